The van der Waals surface area contributed by atoms with Crippen molar-refractivity contribution in [2.75, 3.05) is 5.32 Å². The second-order valence-corrected chi connectivity index (χ2v) is 7.28. The summed E-state index contributed by atoms with van der Waals surface area (Å²) < 4.78 is 4.24. The van der Waals surface area contributed by atoms with Crippen LogP contribution in [-0.4, -0.2) is 36.5 Å². The van der Waals surface area contributed by atoms with E-state index in [-0.39, 0.29) is 18.9 Å². The van der Waals surface area contributed by atoms with Gasteiger partial charge in [0.15, 0.2) is 0 Å². The first-order valence-electron chi connectivity index (χ1n) is 8.68. The predicted molar refractivity (Wildman–Crippen MR) is 107 cm³/mol. The van der Waals surface area contributed by atoms with Crippen LogP contribution in [0.5, 0.6) is 0 Å². The Bertz CT molecular complexity index is 1010. The lowest BCUT2D eigenvalue weighted by atomic mass is 10.2. The Morgan fingerprint density at radius 2 is 1.86 bits per heavy atom. The number of amides is 1. The third kappa shape index (κ3) is 4.48. The Morgan fingerprint density at radius 1 is 1.14 bits per heavy atom. The summed E-state index contributed by atoms with van der Waals surface area (Å²) in [5.74, 6) is -1.29. The van der Waals surface area contributed by atoms with Crippen molar-refractivity contribution in [1.82, 2.24) is 19.6 Å². The van der Waals surface area contributed by atoms with Gasteiger partial charge in [0.2, 0.25) is 0 Å². The molecule has 2 N–H and O–H groups in total. The van der Waals surface area contributed by atoms with Gasteiger partial charge in [-0.2, -0.15) is 10.2 Å². The number of carbonyl (C=O) groups excluding carboxylic acids is 1. The molecule has 0 aliphatic heterocycles. The molecule has 28 heavy (non-hydrogen) atoms. The van der Waals surface area contributed by atoms with Crippen LogP contribution in [0.4, 0.5) is 5.69 Å². The fourth-order valence-corrected chi connectivity index (χ4v) is 3.14. The van der Waals surface area contributed by atoms with Crippen LogP contribution in [0.25, 0.3) is 0 Å². The highest BCUT2D eigenvalue weighted by atomic mass is 79.9. The molecule has 0 atom stereocenters. The van der Waals surface area contributed by atoms with Crippen molar-refractivity contribution >= 4 is 33.5 Å². The Balaban J connectivity index is 1.77. The van der Waals surface area contributed by atoms with Crippen LogP contribution in [0, 0.1) is 13.8 Å². The third-order valence-electron chi connectivity index (χ3n) is 4.35. The number of aryl methyl sites for hydroxylation is 2. The summed E-state index contributed by atoms with van der Waals surface area (Å²) in [7, 11) is 0. The van der Waals surface area contributed by atoms with Gasteiger partial charge in [0.25, 0.3) is 5.91 Å². The number of aliphatic carboxylic acids is 1. The normalized spacial score (nSPS) is 10.8. The summed E-state index contributed by atoms with van der Waals surface area (Å²) in [6.45, 7) is 4.46. The molecule has 2 heterocycles. The molecule has 1 amide bonds. The highest BCUT2D eigenvalue weighted by Crippen LogP contribution is 2.22. The number of nitrogens with one attached hydrogen (secondary N) is 1. The number of benzene rings is 1. The minimum absolute atomic E-state index is 0.106. The molecule has 2 aromatic heterocycles. The molecule has 0 spiro atoms. The van der Waals surface area contributed by atoms with Gasteiger partial charge in [0.05, 0.1) is 36.6 Å². The highest BCUT2D eigenvalue weighted by molar-refractivity contribution is 9.10. The van der Waals surface area contributed by atoms with Gasteiger partial charge in [0.1, 0.15) is 5.69 Å². The summed E-state index contributed by atoms with van der Waals surface area (Å²) in [5, 5.41) is 20.3. The van der Waals surface area contributed by atoms with Gasteiger partial charge >= 0.3 is 5.97 Å². The molecule has 146 valence electrons. The third-order valence-corrected chi connectivity index (χ3v) is 4.88. The van der Waals surface area contributed by atoms with Crippen LogP contribution >= 0.6 is 15.9 Å². The number of rotatable bonds is 7. The molecule has 0 saturated heterocycles. The van der Waals surface area contributed by atoms with E-state index in [1.165, 1.54) is 10.9 Å². The first-order chi connectivity index (χ1) is 13.3. The van der Waals surface area contributed by atoms with E-state index in [1.54, 1.807) is 6.07 Å². The maximum Gasteiger partial charge on any atom is 0.305 e. The molecule has 8 nitrogen and oxygen atoms in total. The number of nitrogens with zero attached hydrogens (tertiary/aromatic N) is 4. The van der Waals surface area contributed by atoms with Crippen molar-refractivity contribution < 1.29 is 14.7 Å². The average molecular weight is 446 g/mol. The van der Waals surface area contributed by atoms with Crippen LogP contribution in [0.2, 0.25) is 0 Å². The number of carbonyl (C=O) groups is 2. The quantitative estimate of drug-likeness (QED) is 0.580. The molecule has 0 aliphatic carbocycles. The molecule has 0 unspecified atom stereocenters. The van der Waals surface area contributed by atoms with E-state index in [2.05, 4.69) is 31.4 Å². The Hall–Kier alpha value is -2.94. The highest BCUT2D eigenvalue weighted by Gasteiger charge is 2.18. The van der Waals surface area contributed by atoms with E-state index in [0.29, 0.717) is 23.6 Å². The number of halogens is 1. The van der Waals surface area contributed by atoms with Crippen molar-refractivity contribution in [1.29, 1.82) is 0 Å². The Morgan fingerprint density at radius 3 is 2.54 bits per heavy atom. The van der Waals surface area contributed by atoms with Crippen molar-refractivity contribution in [2.24, 2.45) is 0 Å². The number of hydrogen-bond acceptors (Lipinski definition) is 4. The topological polar surface area (TPSA) is 102 Å². The maximum absolute atomic E-state index is 12.7. The molecule has 0 aliphatic rings. The zero-order chi connectivity index (χ0) is 20.3. The second-order valence-electron chi connectivity index (χ2n) is 6.37. The summed E-state index contributed by atoms with van der Waals surface area (Å²) in [6.07, 6.45) is 1.37. The number of hydrogen-bond donors (Lipinski definition) is 2. The summed E-state index contributed by atoms with van der Waals surface area (Å²) in [5.41, 5.74) is 3.59. The van der Waals surface area contributed by atoms with Crippen molar-refractivity contribution in [3.05, 3.63) is 63.6 Å². The van der Waals surface area contributed by atoms with Crippen molar-refractivity contribution in [2.45, 2.75) is 33.4 Å². The van der Waals surface area contributed by atoms with E-state index < -0.39 is 5.97 Å². The second kappa shape index (κ2) is 8.39. The number of carboxylic acids is 1. The van der Waals surface area contributed by atoms with Gasteiger partial charge in [-0.15, -0.1) is 0 Å². The standard InChI is InChI=1S/C19H20BrN5O3/c1-12-18(13(2)25(23-12)11-14-3-5-15(20)6-4-14)22-19(28)16-7-9-21-24(16)10-8-17(26)27/h3-7,9H,8,10-11H2,1-2H3,(H,22,28)(H,26,27). The van der Waals surface area contributed by atoms with E-state index in [1.807, 2.05) is 42.8 Å². The number of carboxylic acid groups (broad SMARTS) is 1. The van der Waals surface area contributed by atoms with E-state index >= 15 is 0 Å². The lowest BCUT2D eigenvalue weighted by Crippen LogP contribution is -2.19. The van der Waals surface area contributed by atoms with Crippen LogP contribution < -0.4 is 5.32 Å². The van der Waals surface area contributed by atoms with E-state index in [4.69, 9.17) is 5.11 Å². The summed E-state index contributed by atoms with van der Waals surface area (Å²) >= 11 is 3.42. The van der Waals surface area contributed by atoms with Crippen molar-refractivity contribution in [3.63, 3.8) is 0 Å². The van der Waals surface area contributed by atoms with E-state index in [9.17, 15) is 9.59 Å². The fraction of sp³-hybridized carbons (Fsp3) is 0.263. The lowest BCUT2D eigenvalue weighted by Gasteiger charge is -2.09. The smallest absolute Gasteiger partial charge is 0.305 e. The molecule has 0 radical (unpaired) electrons. The fourth-order valence-electron chi connectivity index (χ4n) is 2.88. The zero-order valence-electron chi connectivity index (χ0n) is 15.5. The first-order valence-corrected chi connectivity index (χ1v) is 9.48. The van der Waals surface area contributed by atoms with Crippen LogP contribution in [-0.2, 0) is 17.9 Å². The molecule has 0 bridgehead atoms. The number of aromatic nitrogens is 4. The SMILES string of the molecule is Cc1nn(Cc2ccc(Br)cc2)c(C)c1NC(=O)c1ccnn1CCC(=O)O. The first kappa shape index (κ1) is 19.8. The Kier molecular flexibility index (Phi) is 5.93. The Labute approximate surface area is 170 Å². The zero-order valence-corrected chi connectivity index (χ0v) is 17.1. The van der Waals surface area contributed by atoms with Crippen LogP contribution in [0.3, 0.4) is 0 Å². The molecule has 0 saturated carbocycles. The van der Waals surface area contributed by atoms with Gasteiger partial charge < -0.3 is 10.4 Å². The van der Waals surface area contributed by atoms with Gasteiger partial charge in [-0.25, -0.2) is 0 Å². The van der Waals surface area contributed by atoms with Gasteiger partial charge in [-0.1, -0.05) is 28.1 Å². The van der Waals surface area contributed by atoms with Gasteiger partial charge in [-0.05, 0) is 37.6 Å². The molecule has 1 aromatic carbocycles. The van der Waals surface area contributed by atoms with Gasteiger partial charge in [-0.3, -0.25) is 19.0 Å². The minimum Gasteiger partial charge on any atom is -0.481 e. The van der Waals surface area contributed by atoms with Crippen LogP contribution in [0.1, 0.15) is 33.9 Å². The molecule has 3 aromatic rings. The molecular formula is C19H20BrN5O3. The lowest BCUT2D eigenvalue weighted by molar-refractivity contribution is -0.137. The van der Waals surface area contributed by atoms with Gasteiger partial charge in [0, 0.05) is 10.7 Å². The minimum atomic E-state index is -0.942. The molecule has 3 rings (SSSR count). The monoisotopic (exact) mass is 445 g/mol. The number of anilines is 1. The maximum atomic E-state index is 12.7. The van der Waals surface area contributed by atoms with Crippen molar-refractivity contribution in [3.8, 4) is 0 Å². The average Bonchev–Trinajstić information content (AvgIpc) is 3.22. The van der Waals surface area contributed by atoms with Crippen LogP contribution in [0.15, 0.2) is 41.0 Å². The predicted octanol–water partition coefficient (Wildman–Crippen LogP) is 3.23. The summed E-state index contributed by atoms with van der Waals surface area (Å²) in [6, 6.07) is 9.54. The molecule has 0 fully saturated rings. The molecule has 9 heteroatoms. The molecular weight excluding hydrogens is 426 g/mol. The largest absolute Gasteiger partial charge is 0.481 e. The van der Waals surface area contributed by atoms with E-state index in [0.717, 1.165) is 15.7 Å². The summed E-state index contributed by atoms with van der Waals surface area (Å²) in [4.78, 5) is 23.5.